The minimum Gasteiger partial charge on any atom is -0.396 e. The van der Waals surface area contributed by atoms with Crippen LogP contribution in [0.3, 0.4) is 0 Å². The number of thiophene rings is 1. The van der Waals surface area contributed by atoms with Crippen LogP contribution >= 0.6 is 11.3 Å². The van der Waals surface area contributed by atoms with Gasteiger partial charge in [0, 0.05) is 25.9 Å². The van der Waals surface area contributed by atoms with Gasteiger partial charge >= 0.3 is 0 Å². The quantitative estimate of drug-likeness (QED) is 0.887. The molecule has 0 unspecified atom stereocenters. The molecule has 1 saturated heterocycles. The smallest absolute Gasteiger partial charge is 0.0830 e. The zero-order valence-electron chi connectivity index (χ0n) is 9.67. The van der Waals surface area contributed by atoms with Crippen LogP contribution in [0, 0.1) is 5.92 Å². The molecule has 0 radical (unpaired) electrons. The normalized spacial score (nSPS) is 17.8. The minimum atomic E-state index is 0.332. The summed E-state index contributed by atoms with van der Waals surface area (Å²) in [6, 6.07) is 4.18. The average molecular weight is 248 g/mol. The van der Waals surface area contributed by atoms with Gasteiger partial charge in [0.15, 0.2) is 0 Å². The van der Waals surface area contributed by atoms with Crippen LogP contribution in [0.4, 0.5) is 5.69 Å². The molecule has 1 aliphatic heterocycles. The molecule has 0 saturated carbocycles. The van der Waals surface area contributed by atoms with E-state index in [9.17, 15) is 0 Å². The van der Waals surface area contributed by atoms with E-state index in [1.54, 1.807) is 11.3 Å². The van der Waals surface area contributed by atoms with Gasteiger partial charge in [-0.05, 0) is 36.3 Å². The van der Waals surface area contributed by atoms with Crippen molar-refractivity contribution in [3.63, 3.8) is 0 Å². The van der Waals surface area contributed by atoms with E-state index in [2.05, 4.69) is 27.4 Å². The van der Waals surface area contributed by atoms with Crippen LogP contribution in [-0.2, 0) is 0 Å². The Morgan fingerprint density at radius 1 is 1.35 bits per heavy atom. The molecule has 0 spiro atoms. The van der Waals surface area contributed by atoms with Gasteiger partial charge in [0.05, 0.1) is 15.9 Å². The maximum absolute atomic E-state index is 9.16. The maximum Gasteiger partial charge on any atom is 0.0830 e. The zero-order chi connectivity index (χ0) is 11.7. The molecule has 3 heterocycles. The summed E-state index contributed by atoms with van der Waals surface area (Å²) in [7, 11) is 0. The molecule has 0 bridgehead atoms. The number of rotatable bonds is 2. The van der Waals surface area contributed by atoms with E-state index in [4.69, 9.17) is 5.11 Å². The highest BCUT2D eigenvalue weighted by molar-refractivity contribution is 7.17. The number of aliphatic hydroxyl groups excluding tert-OH is 1. The molecular weight excluding hydrogens is 232 g/mol. The van der Waals surface area contributed by atoms with Gasteiger partial charge in [-0.15, -0.1) is 11.3 Å². The Balaban J connectivity index is 1.87. The van der Waals surface area contributed by atoms with Gasteiger partial charge in [-0.25, -0.2) is 0 Å². The summed E-state index contributed by atoms with van der Waals surface area (Å²) in [5, 5.41) is 11.3. The van der Waals surface area contributed by atoms with Gasteiger partial charge in [0.2, 0.25) is 0 Å². The van der Waals surface area contributed by atoms with E-state index in [1.165, 1.54) is 10.4 Å². The molecule has 1 N–H and O–H groups in total. The second kappa shape index (κ2) is 4.63. The Hall–Kier alpha value is -1.13. The molecule has 0 atom stereocenters. The molecule has 1 fully saturated rings. The van der Waals surface area contributed by atoms with Gasteiger partial charge in [0.25, 0.3) is 0 Å². The molecule has 1 aliphatic rings. The van der Waals surface area contributed by atoms with Crippen LogP contribution in [0.5, 0.6) is 0 Å². The number of piperidine rings is 1. The molecule has 4 heteroatoms. The highest BCUT2D eigenvalue weighted by Gasteiger charge is 2.20. The second-order valence-electron chi connectivity index (χ2n) is 4.58. The molecule has 17 heavy (non-hydrogen) atoms. The maximum atomic E-state index is 9.16. The van der Waals surface area contributed by atoms with Crippen LogP contribution in [-0.4, -0.2) is 29.8 Å². The summed E-state index contributed by atoms with van der Waals surface area (Å²) >= 11 is 1.76. The summed E-state index contributed by atoms with van der Waals surface area (Å²) in [4.78, 5) is 6.79. The van der Waals surface area contributed by atoms with Crippen LogP contribution in [0.2, 0.25) is 0 Å². The van der Waals surface area contributed by atoms with E-state index in [0.29, 0.717) is 12.5 Å². The van der Waals surface area contributed by atoms with Crippen LogP contribution in [0.15, 0.2) is 23.7 Å². The predicted octanol–water partition coefficient (Wildman–Crippen LogP) is 2.51. The van der Waals surface area contributed by atoms with Gasteiger partial charge in [0.1, 0.15) is 0 Å². The molecule has 3 rings (SSSR count). The number of fused-ring (bicyclic) bond motifs is 1. The van der Waals surface area contributed by atoms with E-state index < -0.39 is 0 Å². The molecule has 2 aromatic rings. The lowest BCUT2D eigenvalue weighted by molar-refractivity contribution is 0.203. The first-order valence-electron chi connectivity index (χ1n) is 6.06. The van der Waals surface area contributed by atoms with Crippen molar-refractivity contribution in [1.29, 1.82) is 0 Å². The third-order valence-electron chi connectivity index (χ3n) is 3.54. The van der Waals surface area contributed by atoms with Crippen LogP contribution < -0.4 is 4.90 Å². The fraction of sp³-hybridized carbons (Fsp3) is 0.462. The summed E-state index contributed by atoms with van der Waals surface area (Å²) in [5.74, 6) is 0.493. The fourth-order valence-corrected chi connectivity index (χ4v) is 3.36. The number of hydrogen-bond donors (Lipinski definition) is 1. The van der Waals surface area contributed by atoms with E-state index in [-0.39, 0.29) is 0 Å². The Kier molecular flexibility index (Phi) is 2.99. The lowest BCUT2D eigenvalue weighted by Gasteiger charge is -2.33. The van der Waals surface area contributed by atoms with E-state index in [1.807, 2.05) is 6.20 Å². The van der Waals surface area contributed by atoms with Crippen molar-refractivity contribution in [2.45, 2.75) is 12.8 Å². The lowest BCUT2D eigenvalue weighted by atomic mass is 9.97. The molecule has 0 amide bonds. The number of nitrogens with zero attached hydrogens (tertiary/aromatic N) is 2. The van der Waals surface area contributed by atoms with Crippen molar-refractivity contribution in [3.05, 3.63) is 23.7 Å². The van der Waals surface area contributed by atoms with E-state index in [0.717, 1.165) is 31.4 Å². The highest BCUT2D eigenvalue weighted by Crippen LogP contribution is 2.32. The fourth-order valence-electron chi connectivity index (χ4n) is 2.47. The van der Waals surface area contributed by atoms with Crippen molar-refractivity contribution in [2.75, 3.05) is 24.6 Å². The van der Waals surface area contributed by atoms with Crippen molar-refractivity contribution in [3.8, 4) is 0 Å². The van der Waals surface area contributed by atoms with Crippen molar-refractivity contribution in [1.82, 2.24) is 4.98 Å². The van der Waals surface area contributed by atoms with Gasteiger partial charge in [-0.2, -0.15) is 0 Å². The topological polar surface area (TPSA) is 36.4 Å². The SMILES string of the molecule is OCC1CCN(c2ccnc3ccsc23)CC1. The summed E-state index contributed by atoms with van der Waals surface area (Å²) in [5.41, 5.74) is 2.40. The molecule has 3 nitrogen and oxygen atoms in total. The number of anilines is 1. The first-order valence-corrected chi connectivity index (χ1v) is 6.94. The van der Waals surface area contributed by atoms with Gasteiger partial charge in [-0.3, -0.25) is 4.98 Å². The Bertz CT molecular complexity index is 503. The van der Waals surface area contributed by atoms with Crippen molar-refractivity contribution in [2.24, 2.45) is 5.92 Å². The third kappa shape index (κ3) is 2.03. The molecule has 2 aromatic heterocycles. The number of hydrogen-bond acceptors (Lipinski definition) is 4. The zero-order valence-corrected chi connectivity index (χ0v) is 10.5. The summed E-state index contributed by atoms with van der Waals surface area (Å²) in [6.45, 7) is 2.42. The van der Waals surface area contributed by atoms with Crippen LogP contribution in [0.25, 0.3) is 10.2 Å². The average Bonchev–Trinajstić information content (AvgIpc) is 2.87. The minimum absolute atomic E-state index is 0.332. The highest BCUT2D eigenvalue weighted by atomic mass is 32.1. The van der Waals surface area contributed by atoms with Crippen molar-refractivity contribution < 1.29 is 5.11 Å². The molecular formula is C13H16N2OS. The van der Waals surface area contributed by atoms with Crippen molar-refractivity contribution >= 4 is 27.2 Å². The lowest BCUT2D eigenvalue weighted by Crippen LogP contribution is -2.34. The summed E-state index contributed by atoms with van der Waals surface area (Å²) in [6.07, 6.45) is 4.07. The Morgan fingerprint density at radius 2 is 2.18 bits per heavy atom. The second-order valence-corrected chi connectivity index (χ2v) is 5.49. The molecule has 0 aromatic carbocycles. The first kappa shape index (κ1) is 11.0. The number of aromatic nitrogens is 1. The van der Waals surface area contributed by atoms with E-state index >= 15 is 0 Å². The Labute approximate surface area is 105 Å². The first-order chi connectivity index (χ1) is 8.38. The standard InChI is InChI=1S/C13H16N2OS/c16-9-10-2-6-15(7-3-10)12-1-5-14-11-4-8-17-13(11)12/h1,4-5,8,10,16H,2-3,6-7,9H2. The number of aliphatic hydroxyl groups is 1. The Morgan fingerprint density at radius 3 is 2.94 bits per heavy atom. The van der Waals surface area contributed by atoms with Crippen LogP contribution in [0.1, 0.15) is 12.8 Å². The predicted molar refractivity (Wildman–Crippen MR) is 71.6 cm³/mol. The molecule has 90 valence electrons. The largest absolute Gasteiger partial charge is 0.396 e. The van der Waals surface area contributed by atoms with Gasteiger partial charge in [-0.1, -0.05) is 0 Å². The monoisotopic (exact) mass is 248 g/mol. The summed E-state index contributed by atoms with van der Waals surface area (Å²) < 4.78 is 1.29. The third-order valence-corrected chi connectivity index (χ3v) is 4.46. The number of pyridine rings is 1. The molecule has 0 aliphatic carbocycles. The van der Waals surface area contributed by atoms with Gasteiger partial charge < -0.3 is 10.0 Å².